The van der Waals surface area contributed by atoms with Gasteiger partial charge in [-0.15, -0.1) is 0 Å². The lowest BCUT2D eigenvalue weighted by Gasteiger charge is -2.22. The van der Waals surface area contributed by atoms with Crippen LogP contribution >= 0.6 is 0 Å². The standard InChI is InChI=1S/C21H20N4O4/c1-21(14-6-5-7-15(11-14)29-2)19(27)25(20(28)23-21)24-18(26)10-13-12-22-17-9-4-3-8-16(13)17/h3-9,11-12,22H,10H2,1-2H3,(H,23,28)(H,24,26)/t21-/m1/s1. The number of rotatable bonds is 5. The first-order valence-electron chi connectivity index (χ1n) is 9.08. The number of hydrazine groups is 1. The first-order valence-corrected chi connectivity index (χ1v) is 9.08. The quantitative estimate of drug-likeness (QED) is 0.579. The minimum Gasteiger partial charge on any atom is -0.497 e. The van der Waals surface area contributed by atoms with Crippen molar-refractivity contribution in [3.8, 4) is 5.75 Å². The van der Waals surface area contributed by atoms with Crippen molar-refractivity contribution >= 4 is 28.7 Å². The average Bonchev–Trinajstić information content (AvgIpc) is 3.23. The number of methoxy groups -OCH3 is 1. The summed E-state index contributed by atoms with van der Waals surface area (Å²) in [6, 6.07) is 13.8. The van der Waals surface area contributed by atoms with Crippen LogP contribution in [-0.2, 0) is 21.5 Å². The number of nitrogens with one attached hydrogen (secondary N) is 3. The van der Waals surface area contributed by atoms with Crippen molar-refractivity contribution in [1.82, 2.24) is 20.7 Å². The zero-order valence-electron chi connectivity index (χ0n) is 16.0. The molecule has 1 fully saturated rings. The molecule has 8 heteroatoms. The predicted octanol–water partition coefficient (Wildman–Crippen LogP) is 2.22. The van der Waals surface area contributed by atoms with Crippen molar-refractivity contribution in [2.45, 2.75) is 18.9 Å². The van der Waals surface area contributed by atoms with Crippen LogP contribution in [0.1, 0.15) is 18.1 Å². The monoisotopic (exact) mass is 392 g/mol. The minimum absolute atomic E-state index is 0.0247. The highest BCUT2D eigenvalue weighted by Gasteiger charge is 2.50. The Balaban J connectivity index is 1.52. The van der Waals surface area contributed by atoms with E-state index in [-0.39, 0.29) is 6.42 Å². The van der Waals surface area contributed by atoms with Gasteiger partial charge in [0.2, 0.25) is 5.91 Å². The van der Waals surface area contributed by atoms with Crippen LogP contribution in [-0.4, -0.2) is 34.9 Å². The maximum atomic E-state index is 13.0. The van der Waals surface area contributed by atoms with Gasteiger partial charge in [-0.25, -0.2) is 4.79 Å². The second-order valence-electron chi connectivity index (χ2n) is 7.00. The van der Waals surface area contributed by atoms with Gasteiger partial charge < -0.3 is 15.0 Å². The number of hydrogen-bond acceptors (Lipinski definition) is 4. The number of nitrogens with zero attached hydrogens (tertiary/aromatic N) is 1. The van der Waals surface area contributed by atoms with E-state index >= 15 is 0 Å². The van der Waals surface area contributed by atoms with Crippen LogP contribution in [0.25, 0.3) is 10.9 Å². The van der Waals surface area contributed by atoms with Crippen LogP contribution in [0, 0.1) is 0 Å². The molecule has 4 amide bonds. The van der Waals surface area contributed by atoms with Gasteiger partial charge >= 0.3 is 6.03 Å². The number of urea groups is 1. The molecule has 1 aliphatic rings. The van der Waals surface area contributed by atoms with Crippen molar-refractivity contribution < 1.29 is 19.1 Å². The van der Waals surface area contributed by atoms with Gasteiger partial charge in [-0.2, -0.15) is 5.01 Å². The second kappa shape index (κ2) is 6.97. The molecule has 1 atom stereocenters. The molecule has 2 heterocycles. The largest absolute Gasteiger partial charge is 0.497 e. The number of imide groups is 1. The molecule has 4 rings (SSSR count). The second-order valence-corrected chi connectivity index (χ2v) is 7.00. The third kappa shape index (κ3) is 3.18. The number of carbonyl (C=O) groups excluding carboxylic acids is 3. The Morgan fingerprint density at radius 1 is 1.17 bits per heavy atom. The van der Waals surface area contributed by atoms with Crippen LogP contribution in [0.2, 0.25) is 0 Å². The lowest BCUT2D eigenvalue weighted by Crippen LogP contribution is -2.48. The van der Waals surface area contributed by atoms with E-state index in [1.807, 2.05) is 24.3 Å². The third-order valence-corrected chi connectivity index (χ3v) is 5.10. The number of aromatic nitrogens is 1. The van der Waals surface area contributed by atoms with Crippen LogP contribution < -0.4 is 15.5 Å². The highest BCUT2D eigenvalue weighted by Crippen LogP contribution is 2.30. The van der Waals surface area contributed by atoms with Crippen molar-refractivity contribution in [1.29, 1.82) is 0 Å². The number of benzene rings is 2. The Morgan fingerprint density at radius 3 is 2.76 bits per heavy atom. The molecule has 0 aliphatic carbocycles. The molecule has 0 saturated carbocycles. The van der Waals surface area contributed by atoms with Crippen molar-refractivity contribution in [3.05, 3.63) is 65.9 Å². The van der Waals surface area contributed by atoms with Crippen LogP contribution in [0.5, 0.6) is 5.75 Å². The molecule has 1 aliphatic heterocycles. The van der Waals surface area contributed by atoms with Crippen molar-refractivity contribution in [2.24, 2.45) is 0 Å². The highest BCUT2D eigenvalue weighted by molar-refractivity contribution is 6.08. The fourth-order valence-electron chi connectivity index (χ4n) is 3.49. The lowest BCUT2D eigenvalue weighted by molar-refractivity contribution is -0.138. The fraction of sp³-hybridized carbons (Fsp3) is 0.190. The topological polar surface area (TPSA) is 104 Å². The zero-order valence-corrected chi connectivity index (χ0v) is 16.0. The molecular formula is C21H20N4O4. The summed E-state index contributed by atoms with van der Waals surface area (Å²) >= 11 is 0. The third-order valence-electron chi connectivity index (χ3n) is 5.10. The first kappa shape index (κ1) is 18.5. The molecular weight excluding hydrogens is 372 g/mol. The summed E-state index contributed by atoms with van der Waals surface area (Å²) in [7, 11) is 1.52. The molecule has 0 unspecified atom stereocenters. The minimum atomic E-state index is -1.31. The Morgan fingerprint density at radius 2 is 1.97 bits per heavy atom. The molecule has 0 spiro atoms. The van der Waals surface area contributed by atoms with Crippen LogP contribution in [0.4, 0.5) is 4.79 Å². The van der Waals surface area contributed by atoms with Gasteiger partial charge in [0.1, 0.15) is 11.3 Å². The predicted molar refractivity (Wildman–Crippen MR) is 106 cm³/mol. The lowest BCUT2D eigenvalue weighted by atomic mass is 9.92. The summed E-state index contributed by atoms with van der Waals surface area (Å²) in [6.45, 7) is 1.59. The maximum Gasteiger partial charge on any atom is 0.344 e. The SMILES string of the molecule is COc1cccc([C@@]2(C)NC(=O)N(NC(=O)Cc3c[nH]c4ccccc34)C2=O)c1. The average molecular weight is 392 g/mol. The smallest absolute Gasteiger partial charge is 0.344 e. The zero-order chi connectivity index (χ0) is 20.6. The van der Waals surface area contributed by atoms with E-state index in [4.69, 9.17) is 4.74 Å². The Kier molecular flexibility index (Phi) is 4.46. The molecule has 0 bridgehead atoms. The molecule has 3 aromatic rings. The van der Waals surface area contributed by atoms with Crippen molar-refractivity contribution in [3.63, 3.8) is 0 Å². The van der Waals surface area contributed by atoms with Gasteiger partial charge in [0.15, 0.2) is 0 Å². The van der Waals surface area contributed by atoms with Crippen LogP contribution in [0.15, 0.2) is 54.7 Å². The van der Waals surface area contributed by atoms with E-state index in [0.717, 1.165) is 21.5 Å². The highest BCUT2D eigenvalue weighted by atomic mass is 16.5. The number of ether oxygens (including phenoxy) is 1. The van der Waals surface area contributed by atoms with E-state index in [0.29, 0.717) is 11.3 Å². The normalized spacial score (nSPS) is 18.8. The van der Waals surface area contributed by atoms with Gasteiger partial charge in [-0.3, -0.25) is 15.0 Å². The van der Waals surface area contributed by atoms with Gasteiger partial charge in [-0.05, 0) is 36.2 Å². The summed E-state index contributed by atoms with van der Waals surface area (Å²) in [5.41, 5.74) is 3.37. The molecule has 3 N–H and O–H groups in total. The summed E-state index contributed by atoms with van der Waals surface area (Å²) in [6.07, 6.45) is 1.77. The molecule has 8 nitrogen and oxygen atoms in total. The summed E-state index contributed by atoms with van der Waals surface area (Å²) in [5, 5.41) is 4.30. The Labute approximate surface area is 166 Å². The number of amides is 4. The van der Waals surface area contributed by atoms with Gasteiger partial charge in [0.25, 0.3) is 5.91 Å². The molecule has 148 valence electrons. The summed E-state index contributed by atoms with van der Waals surface area (Å²) in [5.74, 6) is -0.469. The summed E-state index contributed by atoms with van der Waals surface area (Å²) < 4.78 is 5.20. The van der Waals surface area contributed by atoms with Gasteiger partial charge in [0, 0.05) is 17.1 Å². The Bertz CT molecular complexity index is 1120. The van der Waals surface area contributed by atoms with Gasteiger partial charge in [-0.1, -0.05) is 30.3 Å². The number of hydrogen-bond donors (Lipinski definition) is 3. The molecule has 1 saturated heterocycles. The number of H-pyrrole nitrogens is 1. The van der Waals surface area contributed by atoms with Crippen molar-refractivity contribution in [2.75, 3.05) is 7.11 Å². The maximum absolute atomic E-state index is 13.0. The number of carbonyl (C=O) groups is 3. The van der Waals surface area contributed by atoms with E-state index in [9.17, 15) is 14.4 Å². The fourth-order valence-corrected chi connectivity index (χ4v) is 3.49. The Hall–Kier alpha value is -3.81. The van der Waals surface area contributed by atoms with E-state index in [1.165, 1.54) is 7.11 Å². The van der Waals surface area contributed by atoms with E-state index in [2.05, 4.69) is 15.7 Å². The van der Waals surface area contributed by atoms with Crippen LogP contribution in [0.3, 0.4) is 0 Å². The van der Waals surface area contributed by atoms with E-state index in [1.54, 1.807) is 37.4 Å². The first-order chi connectivity index (χ1) is 13.9. The number of aromatic amines is 1. The molecule has 2 aromatic carbocycles. The van der Waals surface area contributed by atoms with E-state index < -0.39 is 23.4 Å². The van der Waals surface area contributed by atoms with Gasteiger partial charge in [0.05, 0.1) is 13.5 Å². The molecule has 29 heavy (non-hydrogen) atoms. The number of para-hydroxylation sites is 1. The molecule has 1 aromatic heterocycles. The number of fused-ring (bicyclic) bond motifs is 1. The molecule has 0 radical (unpaired) electrons. The summed E-state index contributed by atoms with van der Waals surface area (Å²) in [4.78, 5) is 41.0.